The van der Waals surface area contributed by atoms with Crippen LogP contribution in [0.25, 0.3) is 11.3 Å². The molecule has 0 atom stereocenters. The van der Waals surface area contributed by atoms with E-state index in [4.69, 9.17) is 0 Å². The fourth-order valence-electron chi connectivity index (χ4n) is 3.27. The third-order valence-electron chi connectivity index (χ3n) is 4.99. The van der Waals surface area contributed by atoms with Crippen molar-refractivity contribution in [1.82, 2.24) is 15.2 Å². The maximum absolute atomic E-state index is 12.8. The maximum Gasteiger partial charge on any atom is 0.253 e. The van der Waals surface area contributed by atoms with E-state index in [1.54, 1.807) is 30.5 Å². The lowest BCUT2D eigenvalue weighted by Gasteiger charge is -2.32. The standard InChI is InChI=1S/C22H24N4O2/c1-15(2)21(27)25-19-9-12-26(13-10-19)22(28)17-7-5-16(6-8-17)20-18(14-23)4-3-11-24-20/h3-8,11,15,19H,9-10,12-13H2,1-2H3,(H,25,27). The first kappa shape index (κ1) is 19.6. The van der Waals surface area contributed by atoms with E-state index in [1.807, 2.05) is 30.9 Å². The normalized spacial score (nSPS) is 14.6. The number of carbonyl (C=O) groups excluding carboxylic acids is 2. The quantitative estimate of drug-likeness (QED) is 0.889. The topological polar surface area (TPSA) is 86.1 Å². The van der Waals surface area contributed by atoms with Gasteiger partial charge in [0.1, 0.15) is 6.07 Å². The van der Waals surface area contributed by atoms with Crippen LogP contribution in [0.15, 0.2) is 42.6 Å². The van der Waals surface area contributed by atoms with E-state index in [2.05, 4.69) is 16.4 Å². The number of nitrogens with one attached hydrogen (secondary N) is 1. The third-order valence-corrected chi connectivity index (χ3v) is 4.99. The van der Waals surface area contributed by atoms with Gasteiger partial charge in [0.15, 0.2) is 0 Å². The van der Waals surface area contributed by atoms with Crippen LogP contribution < -0.4 is 5.32 Å². The summed E-state index contributed by atoms with van der Waals surface area (Å²) in [5, 5.41) is 12.3. The molecule has 3 rings (SSSR count). The van der Waals surface area contributed by atoms with Crippen molar-refractivity contribution in [2.24, 2.45) is 5.92 Å². The number of piperidine rings is 1. The van der Waals surface area contributed by atoms with Crippen molar-refractivity contribution in [1.29, 1.82) is 5.26 Å². The molecule has 0 unspecified atom stereocenters. The Morgan fingerprint density at radius 1 is 1.18 bits per heavy atom. The van der Waals surface area contributed by atoms with Crippen LogP contribution in [0, 0.1) is 17.2 Å². The lowest BCUT2D eigenvalue weighted by molar-refractivity contribution is -0.124. The molecule has 0 saturated carbocycles. The van der Waals surface area contributed by atoms with Gasteiger partial charge < -0.3 is 10.2 Å². The van der Waals surface area contributed by atoms with Crippen molar-refractivity contribution in [2.45, 2.75) is 32.7 Å². The molecule has 0 spiro atoms. The highest BCUT2D eigenvalue weighted by Gasteiger charge is 2.25. The lowest BCUT2D eigenvalue weighted by Crippen LogP contribution is -2.47. The number of hydrogen-bond donors (Lipinski definition) is 1. The van der Waals surface area contributed by atoms with Crippen molar-refractivity contribution >= 4 is 11.8 Å². The van der Waals surface area contributed by atoms with Crippen molar-refractivity contribution in [3.05, 3.63) is 53.7 Å². The Labute approximate surface area is 165 Å². The molecule has 0 aliphatic carbocycles. The highest BCUT2D eigenvalue weighted by Crippen LogP contribution is 2.22. The molecule has 1 aromatic heterocycles. The first-order valence-corrected chi connectivity index (χ1v) is 9.54. The number of benzene rings is 1. The van der Waals surface area contributed by atoms with Gasteiger partial charge in [0.05, 0.1) is 11.3 Å². The largest absolute Gasteiger partial charge is 0.353 e. The van der Waals surface area contributed by atoms with Gasteiger partial charge in [-0.05, 0) is 37.1 Å². The fraction of sp³-hybridized carbons (Fsp3) is 0.364. The number of likely N-dealkylation sites (tertiary alicyclic amines) is 1. The van der Waals surface area contributed by atoms with Gasteiger partial charge in [-0.2, -0.15) is 5.26 Å². The van der Waals surface area contributed by atoms with Gasteiger partial charge >= 0.3 is 0 Å². The molecule has 6 nitrogen and oxygen atoms in total. The highest BCUT2D eigenvalue weighted by atomic mass is 16.2. The Hall–Kier alpha value is -3.20. The van der Waals surface area contributed by atoms with Crippen molar-refractivity contribution in [3.63, 3.8) is 0 Å². The van der Waals surface area contributed by atoms with Gasteiger partial charge in [-0.25, -0.2) is 0 Å². The van der Waals surface area contributed by atoms with Crippen LogP contribution in [0.2, 0.25) is 0 Å². The smallest absolute Gasteiger partial charge is 0.253 e. The highest BCUT2D eigenvalue weighted by molar-refractivity contribution is 5.94. The molecule has 144 valence electrons. The van der Waals surface area contributed by atoms with Gasteiger partial charge in [0.25, 0.3) is 5.91 Å². The Balaban J connectivity index is 1.63. The van der Waals surface area contributed by atoms with Crippen LogP contribution in [0.1, 0.15) is 42.6 Å². The molecule has 6 heteroatoms. The van der Waals surface area contributed by atoms with Gasteiger partial charge in [-0.15, -0.1) is 0 Å². The first-order chi connectivity index (χ1) is 13.5. The zero-order valence-electron chi connectivity index (χ0n) is 16.2. The van der Waals surface area contributed by atoms with E-state index in [9.17, 15) is 14.9 Å². The number of aromatic nitrogens is 1. The van der Waals surface area contributed by atoms with E-state index < -0.39 is 0 Å². The van der Waals surface area contributed by atoms with Crippen LogP contribution in [0.4, 0.5) is 0 Å². The molecule has 0 bridgehead atoms. The SMILES string of the molecule is CC(C)C(=O)NC1CCN(C(=O)c2ccc(-c3ncccc3C#N)cc2)CC1. The molecule has 1 N–H and O–H groups in total. The Morgan fingerprint density at radius 3 is 2.46 bits per heavy atom. The molecule has 2 heterocycles. The summed E-state index contributed by atoms with van der Waals surface area (Å²) >= 11 is 0. The summed E-state index contributed by atoms with van der Waals surface area (Å²) in [6.45, 7) is 5.01. The number of carbonyl (C=O) groups is 2. The van der Waals surface area contributed by atoms with Crippen LogP contribution >= 0.6 is 0 Å². The van der Waals surface area contributed by atoms with Crippen LogP contribution in [-0.4, -0.2) is 40.8 Å². The van der Waals surface area contributed by atoms with E-state index in [0.29, 0.717) is 29.9 Å². The Kier molecular flexibility index (Phi) is 6.05. The van der Waals surface area contributed by atoms with Gasteiger partial charge in [0.2, 0.25) is 5.91 Å². The second-order valence-electron chi connectivity index (χ2n) is 7.32. The predicted octanol–water partition coefficient (Wildman–Crippen LogP) is 3.00. The van der Waals surface area contributed by atoms with Gasteiger partial charge in [-0.3, -0.25) is 14.6 Å². The number of pyridine rings is 1. The molecular formula is C22H24N4O2. The summed E-state index contributed by atoms with van der Waals surface area (Å²) in [5.41, 5.74) is 2.55. The van der Waals surface area contributed by atoms with Crippen molar-refractivity contribution in [3.8, 4) is 17.3 Å². The molecule has 1 aromatic carbocycles. The van der Waals surface area contributed by atoms with E-state index in [1.165, 1.54) is 0 Å². The maximum atomic E-state index is 12.8. The molecule has 1 saturated heterocycles. The summed E-state index contributed by atoms with van der Waals surface area (Å²) in [6.07, 6.45) is 3.18. The van der Waals surface area contributed by atoms with Gasteiger partial charge in [0, 0.05) is 42.4 Å². The number of hydrogen-bond acceptors (Lipinski definition) is 4. The van der Waals surface area contributed by atoms with E-state index in [0.717, 1.165) is 18.4 Å². The average Bonchev–Trinajstić information content (AvgIpc) is 2.73. The lowest BCUT2D eigenvalue weighted by atomic mass is 10.0. The summed E-state index contributed by atoms with van der Waals surface area (Å²) in [6, 6.07) is 12.9. The average molecular weight is 376 g/mol. The number of nitrogens with zero attached hydrogens (tertiary/aromatic N) is 3. The minimum absolute atomic E-state index is 0.0123. The van der Waals surface area contributed by atoms with Crippen molar-refractivity contribution in [2.75, 3.05) is 13.1 Å². The molecule has 2 amide bonds. The van der Waals surface area contributed by atoms with E-state index >= 15 is 0 Å². The summed E-state index contributed by atoms with van der Waals surface area (Å²) in [5.74, 6) is 0.0205. The second-order valence-corrected chi connectivity index (χ2v) is 7.32. The minimum atomic E-state index is -0.0289. The zero-order chi connectivity index (χ0) is 20.1. The predicted molar refractivity (Wildman–Crippen MR) is 106 cm³/mol. The first-order valence-electron chi connectivity index (χ1n) is 9.54. The number of rotatable bonds is 4. The second kappa shape index (κ2) is 8.66. The van der Waals surface area contributed by atoms with E-state index in [-0.39, 0.29) is 23.8 Å². The van der Waals surface area contributed by atoms with Crippen molar-refractivity contribution < 1.29 is 9.59 Å². The Morgan fingerprint density at radius 2 is 1.86 bits per heavy atom. The van der Waals surface area contributed by atoms with Crippen LogP contribution in [0.5, 0.6) is 0 Å². The molecule has 28 heavy (non-hydrogen) atoms. The Bertz CT molecular complexity index is 891. The summed E-state index contributed by atoms with van der Waals surface area (Å²) in [7, 11) is 0. The number of nitriles is 1. The fourth-order valence-corrected chi connectivity index (χ4v) is 3.27. The third kappa shape index (κ3) is 4.37. The molecule has 2 aromatic rings. The molecule has 0 radical (unpaired) electrons. The monoisotopic (exact) mass is 376 g/mol. The summed E-state index contributed by atoms with van der Waals surface area (Å²) in [4.78, 5) is 30.7. The minimum Gasteiger partial charge on any atom is -0.353 e. The number of amides is 2. The molecule has 1 fully saturated rings. The molecule has 1 aliphatic heterocycles. The van der Waals surface area contributed by atoms with Gasteiger partial charge in [-0.1, -0.05) is 26.0 Å². The van der Waals surface area contributed by atoms with Crippen LogP contribution in [0.3, 0.4) is 0 Å². The molecular weight excluding hydrogens is 352 g/mol. The summed E-state index contributed by atoms with van der Waals surface area (Å²) < 4.78 is 0. The zero-order valence-corrected chi connectivity index (χ0v) is 16.2. The molecule has 1 aliphatic rings. The van der Waals surface area contributed by atoms with Crippen LogP contribution in [-0.2, 0) is 4.79 Å².